The van der Waals surface area contributed by atoms with Crippen LogP contribution in [0.25, 0.3) is 0 Å². The molecule has 0 aromatic heterocycles. The molecule has 1 unspecified atom stereocenters. The molecule has 0 radical (unpaired) electrons. The van der Waals surface area contributed by atoms with Crippen LogP contribution in [-0.2, 0) is 5.41 Å². The number of nitrogens with one attached hydrogen (secondary N) is 1. The van der Waals surface area contributed by atoms with Crippen molar-refractivity contribution in [3.63, 3.8) is 0 Å². The lowest BCUT2D eigenvalue weighted by atomic mass is 9.86. The van der Waals surface area contributed by atoms with Crippen LogP contribution in [0.3, 0.4) is 0 Å². The Morgan fingerprint density at radius 3 is 2.10 bits per heavy atom. The molecule has 21 heavy (non-hydrogen) atoms. The van der Waals surface area contributed by atoms with Crippen LogP contribution in [0.4, 0.5) is 4.39 Å². The van der Waals surface area contributed by atoms with Gasteiger partial charge < -0.3 is 0 Å². The molecular weight excluding hydrogens is 331 g/mol. The third kappa shape index (κ3) is 3.70. The fourth-order valence-electron chi connectivity index (χ4n) is 2.25. The quantitative estimate of drug-likeness (QED) is 0.634. The van der Waals surface area contributed by atoms with Gasteiger partial charge in [0.2, 0.25) is 0 Å². The zero-order chi connectivity index (χ0) is 15.6. The average Bonchev–Trinajstić information content (AvgIpc) is 2.43. The fourth-order valence-corrected chi connectivity index (χ4v) is 2.65. The van der Waals surface area contributed by atoms with E-state index in [-0.39, 0.29) is 17.3 Å². The number of nitrogens with two attached hydrogens (primary N) is 1. The highest BCUT2D eigenvalue weighted by Gasteiger charge is 2.17. The topological polar surface area (TPSA) is 38.0 Å². The Kier molecular flexibility index (Phi) is 4.81. The van der Waals surface area contributed by atoms with Crippen molar-refractivity contribution in [2.45, 2.75) is 32.2 Å². The maximum atomic E-state index is 13.4. The van der Waals surface area contributed by atoms with Gasteiger partial charge in [-0.25, -0.2) is 9.82 Å². The van der Waals surface area contributed by atoms with E-state index < -0.39 is 0 Å². The van der Waals surface area contributed by atoms with Gasteiger partial charge in [-0.15, -0.1) is 0 Å². The van der Waals surface area contributed by atoms with E-state index in [9.17, 15) is 4.39 Å². The SMILES string of the molecule is CC(C)(C)c1ccc(C(NN)c2ccc(F)c(Br)c2)cc1. The van der Waals surface area contributed by atoms with Crippen LogP contribution >= 0.6 is 15.9 Å². The summed E-state index contributed by atoms with van der Waals surface area (Å²) in [4.78, 5) is 0. The third-order valence-electron chi connectivity index (χ3n) is 3.55. The first-order valence-corrected chi connectivity index (χ1v) is 7.64. The second-order valence-electron chi connectivity index (χ2n) is 6.15. The zero-order valence-electron chi connectivity index (χ0n) is 12.5. The Hall–Kier alpha value is -1.23. The average molecular weight is 351 g/mol. The molecule has 2 aromatic rings. The van der Waals surface area contributed by atoms with Gasteiger partial charge >= 0.3 is 0 Å². The molecule has 0 saturated heterocycles. The minimum Gasteiger partial charge on any atom is -0.271 e. The van der Waals surface area contributed by atoms with E-state index in [1.54, 1.807) is 12.1 Å². The van der Waals surface area contributed by atoms with E-state index in [2.05, 4.69) is 66.4 Å². The molecule has 0 aliphatic rings. The maximum absolute atomic E-state index is 13.4. The van der Waals surface area contributed by atoms with Gasteiger partial charge in [0.1, 0.15) is 5.82 Å². The Morgan fingerprint density at radius 1 is 1.05 bits per heavy atom. The summed E-state index contributed by atoms with van der Waals surface area (Å²) in [7, 11) is 0. The van der Waals surface area contributed by atoms with Gasteiger partial charge in [0, 0.05) is 0 Å². The summed E-state index contributed by atoms with van der Waals surface area (Å²) in [6.45, 7) is 6.53. The molecule has 3 N–H and O–H groups in total. The predicted octanol–water partition coefficient (Wildman–Crippen LogP) is 4.44. The lowest BCUT2D eigenvalue weighted by Crippen LogP contribution is -2.29. The van der Waals surface area contributed by atoms with Crippen molar-refractivity contribution < 1.29 is 4.39 Å². The number of hydrazine groups is 1. The van der Waals surface area contributed by atoms with Gasteiger partial charge in [-0.3, -0.25) is 5.84 Å². The summed E-state index contributed by atoms with van der Waals surface area (Å²) in [5.74, 6) is 5.41. The Labute approximate surface area is 133 Å². The second-order valence-corrected chi connectivity index (χ2v) is 7.00. The normalized spacial score (nSPS) is 13.2. The van der Waals surface area contributed by atoms with Gasteiger partial charge in [0.15, 0.2) is 0 Å². The monoisotopic (exact) mass is 350 g/mol. The van der Waals surface area contributed by atoms with Crippen LogP contribution in [0.15, 0.2) is 46.9 Å². The first-order chi connectivity index (χ1) is 9.82. The summed E-state index contributed by atoms with van der Waals surface area (Å²) in [6.07, 6.45) is 0. The lowest BCUT2D eigenvalue weighted by Gasteiger charge is -2.22. The largest absolute Gasteiger partial charge is 0.271 e. The molecule has 2 nitrogen and oxygen atoms in total. The molecule has 1 atom stereocenters. The van der Waals surface area contributed by atoms with E-state index >= 15 is 0 Å². The number of benzene rings is 2. The number of hydrogen-bond donors (Lipinski definition) is 2. The van der Waals surface area contributed by atoms with Crippen molar-refractivity contribution >= 4 is 15.9 Å². The van der Waals surface area contributed by atoms with Crippen molar-refractivity contribution in [2.24, 2.45) is 5.84 Å². The van der Waals surface area contributed by atoms with Crippen molar-refractivity contribution in [1.29, 1.82) is 0 Å². The van der Waals surface area contributed by atoms with Crippen LogP contribution in [0.5, 0.6) is 0 Å². The van der Waals surface area contributed by atoms with Crippen molar-refractivity contribution in [2.75, 3.05) is 0 Å². The molecule has 0 heterocycles. The molecule has 2 aromatic carbocycles. The number of rotatable bonds is 3. The molecular formula is C17H20BrFN2. The predicted molar refractivity (Wildman–Crippen MR) is 88.4 cm³/mol. The molecule has 0 saturated carbocycles. The maximum Gasteiger partial charge on any atom is 0.137 e. The van der Waals surface area contributed by atoms with Crippen molar-refractivity contribution in [3.05, 3.63) is 69.4 Å². The smallest absolute Gasteiger partial charge is 0.137 e. The van der Waals surface area contributed by atoms with E-state index in [0.717, 1.165) is 11.1 Å². The Balaban J connectivity index is 2.35. The van der Waals surface area contributed by atoms with Crippen molar-refractivity contribution in [1.82, 2.24) is 5.43 Å². The van der Waals surface area contributed by atoms with Crippen LogP contribution in [-0.4, -0.2) is 0 Å². The van der Waals surface area contributed by atoms with Crippen LogP contribution in [0.1, 0.15) is 43.5 Å². The molecule has 0 aliphatic carbocycles. The fraction of sp³-hybridized carbons (Fsp3) is 0.294. The first-order valence-electron chi connectivity index (χ1n) is 6.84. The van der Waals surface area contributed by atoms with Crippen molar-refractivity contribution in [3.8, 4) is 0 Å². The minimum absolute atomic E-state index is 0.114. The highest BCUT2D eigenvalue weighted by molar-refractivity contribution is 9.10. The summed E-state index contributed by atoms with van der Waals surface area (Å²) in [6, 6.07) is 13.1. The van der Waals surface area contributed by atoms with E-state index in [1.165, 1.54) is 11.6 Å². The molecule has 0 fully saturated rings. The van der Waals surface area contributed by atoms with E-state index in [0.29, 0.717) is 4.47 Å². The summed E-state index contributed by atoms with van der Waals surface area (Å²) in [5, 5.41) is 0. The zero-order valence-corrected chi connectivity index (χ0v) is 14.0. The second kappa shape index (κ2) is 6.26. The standard InChI is InChI=1S/C17H20BrFN2/c1-17(2,3)13-7-4-11(5-8-13)16(21-20)12-6-9-15(19)14(18)10-12/h4-10,16,21H,20H2,1-3H3. The van der Waals surface area contributed by atoms with E-state index in [1.807, 2.05) is 0 Å². The Bertz CT molecular complexity index is 618. The molecule has 0 aliphatic heterocycles. The lowest BCUT2D eigenvalue weighted by molar-refractivity contribution is 0.587. The summed E-state index contributed by atoms with van der Waals surface area (Å²) in [5.41, 5.74) is 6.13. The van der Waals surface area contributed by atoms with Gasteiger partial charge in [-0.1, -0.05) is 51.1 Å². The summed E-state index contributed by atoms with van der Waals surface area (Å²) < 4.78 is 13.8. The first kappa shape index (κ1) is 16.1. The van der Waals surface area contributed by atoms with E-state index in [4.69, 9.17) is 5.84 Å². The van der Waals surface area contributed by atoms with Gasteiger partial charge in [0.25, 0.3) is 0 Å². The molecule has 112 valence electrons. The molecule has 0 amide bonds. The van der Waals surface area contributed by atoms with Crippen LogP contribution in [0.2, 0.25) is 0 Å². The van der Waals surface area contributed by atoms with Crippen LogP contribution < -0.4 is 11.3 Å². The molecule has 0 bridgehead atoms. The number of halogens is 2. The molecule has 4 heteroatoms. The van der Waals surface area contributed by atoms with Gasteiger partial charge in [0.05, 0.1) is 10.5 Å². The number of hydrogen-bond acceptors (Lipinski definition) is 2. The van der Waals surface area contributed by atoms with Crippen LogP contribution in [0, 0.1) is 5.82 Å². The van der Waals surface area contributed by atoms with Gasteiger partial charge in [-0.2, -0.15) is 0 Å². The Morgan fingerprint density at radius 2 is 1.62 bits per heavy atom. The summed E-state index contributed by atoms with van der Waals surface area (Å²) >= 11 is 3.21. The molecule has 0 spiro atoms. The highest BCUT2D eigenvalue weighted by Crippen LogP contribution is 2.28. The minimum atomic E-state index is -0.280. The highest BCUT2D eigenvalue weighted by atomic mass is 79.9. The third-order valence-corrected chi connectivity index (χ3v) is 4.16. The molecule has 2 rings (SSSR count). The van der Waals surface area contributed by atoms with Gasteiger partial charge in [-0.05, 0) is 50.2 Å².